The maximum absolute atomic E-state index is 13.3. The van der Waals surface area contributed by atoms with Crippen molar-refractivity contribution in [3.63, 3.8) is 0 Å². The monoisotopic (exact) mass is 526 g/mol. The van der Waals surface area contributed by atoms with Crippen LogP contribution in [0, 0.1) is 0 Å². The third-order valence-electron chi connectivity index (χ3n) is 5.29. The number of fused-ring (bicyclic) bond motifs is 1. The van der Waals surface area contributed by atoms with E-state index in [1.54, 1.807) is 34.9 Å². The van der Waals surface area contributed by atoms with Crippen molar-refractivity contribution in [3.05, 3.63) is 52.8 Å². The fourth-order valence-electron chi connectivity index (χ4n) is 3.96. The largest absolute Gasteiger partial charge is 0.384 e. The molecular weight excluding hydrogens is 504 g/mol. The minimum absolute atomic E-state index is 0.0510. The van der Waals surface area contributed by atoms with Crippen molar-refractivity contribution < 1.29 is 21.6 Å². The van der Waals surface area contributed by atoms with Crippen LogP contribution in [0.3, 0.4) is 0 Å². The number of aromatic nitrogens is 2. The average molecular weight is 527 g/mol. The van der Waals surface area contributed by atoms with E-state index in [2.05, 4.69) is 9.71 Å². The van der Waals surface area contributed by atoms with Gasteiger partial charge in [0.15, 0.2) is 0 Å². The van der Waals surface area contributed by atoms with E-state index in [0.29, 0.717) is 34.3 Å². The summed E-state index contributed by atoms with van der Waals surface area (Å²) >= 11 is 6.25. The van der Waals surface area contributed by atoms with Crippen LogP contribution in [-0.4, -0.2) is 51.6 Å². The highest BCUT2D eigenvalue weighted by molar-refractivity contribution is 7.91. The molecule has 0 radical (unpaired) electrons. The molecule has 182 valence electrons. The number of carbonyl (C=O) groups is 1. The Morgan fingerprint density at radius 1 is 1.26 bits per heavy atom. The van der Waals surface area contributed by atoms with Gasteiger partial charge in [0.25, 0.3) is 5.91 Å². The second kappa shape index (κ2) is 9.06. The lowest BCUT2D eigenvalue weighted by Crippen LogP contribution is -2.41. The number of halogens is 1. The highest BCUT2D eigenvalue weighted by Crippen LogP contribution is 2.38. The molecule has 1 aromatic carbocycles. The van der Waals surface area contributed by atoms with Crippen molar-refractivity contribution >= 4 is 60.1 Å². The zero-order valence-electron chi connectivity index (χ0n) is 18.2. The molecule has 2 aromatic heterocycles. The Bertz CT molecular complexity index is 1490. The Morgan fingerprint density at radius 3 is 2.74 bits per heavy atom. The van der Waals surface area contributed by atoms with Gasteiger partial charge in [-0.1, -0.05) is 11.6 Å². The fraction of sp³-hybridized carbons (Fsp3) is 0.300. The van der Waals surface area contributed by atoms with Crippen LogP contribution in [0.2, 0.25) is 5.02 Å². The molecule has 1 aliphatic heterocycles. The zero-order valence-corrected chi connectivity index (χ0v) is 20.5. The lowest BCUT2D eigenvalue weighted by molar-refractivity contribution is 0.0974. The Morgan fingerprint density at radius 2 is 2.03 bits per heavy atom. The number of rotatable bonds is 5. The van der Waals surface area contributed by atoms with Crippen molar-refractivity contribution in [2.24, 2.45) is 0 Å². The van der Waals surface area contributed by atoms with Crippen molar-refractivity contribution in [1.29, 1.82) is 0 Å². The summed E-state index contributed by atoms with van der Waals surface area (Å²) in [4.78, 5) is 17.3. The van der Waals surface area contributed by atoms with Gasteiger partial charge in [-0.25, -0.2) is 18.1 Å². The van der Waals surface area contributed by atoms with Gasteiger partial charge in [-0.05, 0) is 48.7 Å². The summed E-state index contributed by atoms with van der Waals surface area (Å²) in [5, 5.41) is 0.717. The van der Waals surface area contributed by atoms with E-state index in [1.807, 2.05) is 4.72 Å². The number of sulfonamides is 1. The van der Waals surface area contributed by atoms with Crippen LogP contribution in [0.5, 0.6) is 0 Å². The van der Waals surface area contributed by atoms with Gasteiger partial charge >= 0.3 is 10.2 Å². The van der Waals surface area contributed by atoms with Crippen LogP contribution in [0.1, 0.15) is 28.9 Å². The Balaban J connectivity index is 2.05. The predicted octanol–water partition coefficient (Wildman–Crippen LogP) is 1.44. The first-order valence-electron chi connectivity index (χ1n) is 10.3. The summed E-state index contributed by atoms with van der Waals surface area (Å²) in [7, 11) is -7.97. The summed E-state index contributed by atoms with van der Waals surface area (Å²) in [6.07, 6.45) is 3.50. The van der Waals surface area contributed by atoms with E-state index < -0.39 is 26.1 Å². The summed E-state index contributed by atoms with van der Waals surface area (Å²) in [5.74, 6) is -0.704. The third kappa shape index (κ3) is 4.97. The predicted molar refractivity (Wildman–Crippen MR) is 131 cm³/mol. The van der Waals surface area contributed by atoms with Gasteiger partial charge in [-0.2, -0.15) is 13.1 Å². The minimum Gasteiger partial charge on any atom is -0.384 e. The van der Waals surface area contributed by atoms with E-state index in [0.717, 1.165) is 10.6 Å². The molecule has 4 rings (SSSR count). The molecule has 34 heavy (non-hydrogen) atoms. The molecular formula is C20H23ClN6O5S2. The summed E-state index contributed by atoms with van der Waals surface area (Å²) in [6, 6.07) is 8.13. The molecule has 0 saturated carbocycles. The molecule has 1 saturated heterocycles. The fourth-order valence-corrected chi connectivity index (χ4v) is 5.92. The number of carbonyl (C=O) groups excluding carboxylic acids is 1. The topological polar surface area (TPSA) is 156 Å². The second-order valence-electron chi connectivity index (χ2n) is 7.92. The molecule has 3 aromatic rings. The molecule has 0 unspecified atom stereocenters. The molecule has 3 heterocycles. The maximum atomic E-state index is 13.3. The first-order valence-corrected chi connectivity index (χ1v) is 14.0. The molecule has 0 bridgehead atoms. The van der Waals surface area contributed by atoms with Gasteiger partial charge < -0.3 is 10.3 Å². The number of anilines is 2. The standard InChI is InChI=1S/C20H23ClN6O5S2/c1-33(29,30)25-20(28)19-18(27-9-3-2-7-24-34(27,31)32)15-11-14(21)4-5-16(15)26(19)12-13-6-8-23-17(22)10-13/h4-6,8,10-11,24H,2-3,7,9,12H2,1H3,(H2,22,23)(H,25,28). The molecule has 4 N–H and O–H groups in total. The summed E-state index contributed by atoms with van der Waals surface area (Å²) in [6.45, 7) is 0.445. The van der Waals surface area contributed by atoms with Crippen molar-refractivity contribution in [2.75, 3.05) is 29.4 Å². The number of nitrogens with zero attached hydrogens (tertiary/aromatic N) is 3. The lowest BCUT2D eigenvalue weighted by Gasteiger charge is -2.23. The van der Waals surface area contributed by atoms with Crippen LogP contribution in [0.15, 0.2) is 36.5 Å². The first-order chi connectivity index (χ1) is 16.0. The normalized spacial score (nSPS) is 16.4. The van der Waals surface area contributed by atoms with Gasteiger partial charge in [0.05, 0.1) is 17.5 Å². The van der Waals surface area contributed by atoms with E-state index in [1.165, 1.54) is 6.20 Å². The van der Waals surface area contributed by atoms with Crippen molar-refractivity contribution in [1.82, 2.24) is 19.0 Å². The minimum atomic E-state index is -4.02. The Kier molecular flexibility index (Phi) is 6.46. The number of hydrogen-bond donors (Lipinski definition) is 3. The van der Waals surface area contributed by atoms with Crippen LogP contribution >= 0.6 is 11.6 Å². The second-order valence-corrected chi connectivity index (χ2v) is 11.8. The van der Waals surface area contributed by atoms with Crippen LogP contribution in [0.25, 0.3) is 10.9 Å². The molecule has 1 aliphatic rings. The van der Waals surface area contributed by atoms with E-state index in [-0.39, 0.29) is 36.8 Å². The SMILES string of the molecule is CS(=O)(=O)NC(=O)c1c(N2CCCCNS2(=O)=O)c2cc(Cl)ccc2n1Cc1ccnc(N)c1. The highest BCUT2D eigenvalue weighted by atomic mass is 35.5. The maximum Gasteiger partial charge on any atom is 0.301 e. The van der Waals surface area contributed by atoms with Crippen LogP contribution in [0.4, 0.5) is 11.5 Å². The van der Waals surface area contributed by atoms with Crippen LogP contribution < -0.4 is 19.5 Å². The number of nitrogen functional groups attached to an aromatic ring is 1. The molecule has 0 spiro atoms. The van der Waals surface area contributed by atoms with Gasteiger partial charge in [-0.15, -0.1) is 0 Å². The number of pyridine rings is 1. The molecule has 1 fully saturated rings. The van der Waals surface area contributed by atoms with Gasteiger partial charge in [0, 0.05) is 36.2 Å². The average Bonchev–Trinajstić information content (AvgIpc) is 2.90. The number of hydrogen-bond acceptors (Lipinski definition) is 7. The molecule has 0 aliphatic carbocycles. The van der Waals surface area contributed by atoms with E-state index in [9.17, 15) is 21.6 Å². The van der Waals surface area contributed by atoms with Crippen molar-refractivity contribution in [3.8, 4) is 0 Å². The quantitative estimate of drug-likeness (QED) is 0.454. The Labute approximate surface area is 202 Å². The third-order valence-corrected chi connectivity index (χ3v) is 7.60. The number of nitrogens with one attached hydrogen (secondary N) is 2. The smallest absolute Gasteiger partial charge is 0.301 e. The van der Waals surface area contributed by atoms with Gasteiger partial charge in [0.2, 0.25) is 10.0 Å². The summed E-state index contributed by atoms with van der Waals surface area (Å²) < 4.78 is 57.2. The Hall–Kier alpha value is -2.87. The van der Waals surface area contributed by atoms with Crippen molar-refractivity contribution in [2.45, 2.75) is 19.4 Å². The van der Waals surface area contributed by atoms with E-state index >= 15 is 0 Å². The van der Waals surface area contributed by atoms with Crippen LogP contribution in [-0.2, 0) is 26.8 Å². The molecule has 1 amide bonds. The zero-order chi connectivity index (χ0) is 24.7. The lowest BCUT2D eigenvalue weighted by atomic mass is 10.2. The molecule has 0 atom stereocenters. The van der Waals surface area contributed by atoms with Gasteiger partial charge in [-0.3, -0.25) is 9.10 Å². The first kappa shape index (κ1) is 24.3. The number of amides is 1. The molecule has 11 nitrogen and oxygen atoms in total. The number of nitrogens with two attached hydrogens (primary N) is 1. The molecule has 14 heteroatoms. The summed E-state index contributed by atoms with van der Waals surface area (Å²) in [5.41, 5.74) is 6.90. The van der Waals surface area contributed by atoms with E-state index in [4.69, 9.17) is 17.3 Å². The highest BCUT2D eigenvalue weighted by Gasteiger charge is 2.34. The van der Waals surface area contributed by atoms with Gasteiger partial charge in [0.1, 0.15) is 11.5 Å². The number of benzene rings is 1.